The van der Waals surface area contributed by atoms with Crippen molar-refractivity contribution in [2.24, 2.45) is 5.92 Å². The molecule has 26 heavy (non-hydrogen) atoms. The van der Waals surface area contributed by atoms with Crippen molar-refractivity contribution >= 4 is 34.8 Å². The number of carbonyl (C=O) groups excluding carboxylic acids is 2. The van der Waals surface area contributed by atoms with Gasteiger partial charge in [0, 0.05) is 30.2 Å². The Morgan fingerprint density at radius 2 is 1.85 bits per heavy atom. The largest absolute Gasteiger partial charge is 0.340 e. The van der Waals surface area contributed by atoms with E-state index in [1.165, 1.54) is 24.5 Å². The predicted octanol–water partition coefficient (Wildman–Crippen LogP) is 3.04. The second kappa shape index (κ2) is 8.39. The molecule has 0 aliphatic carbocycles. The van der Waals surface area contributed by atoms with Gasteiger partial charge >= 0.3 is 0 Å². The van der Waals surface area contributed by atoms with Crippen LogP contribution >= 0.6 is 11.6 Å². The zero-order valence-electron chi connectivity index (χ0n) is 14.1. The van der Waals surface area contributed by atoms with Gasteiger partial charge in [-0.15, -0.1) is 0 Å². The summed E-state index contributed by atoms with van der Waals surface area (Å²) in [5.74, 6) is -1.18. The average Bonchev–Trinajstić information content (AvgIpc) is 2.59. The van der Waals surface area contributed by atoms with Gasteiger partial charge in [0.2, 0.25) is 5.91 Å². The number of aromatic nitrogens is 1. The standard InChI is InChI=1S/C17H17ClN4O4/c1-10(2)15(17(24)20-11-5-7-19-8-6-11)21-16(23)13-4-3-12(22(25)26)9-14(13)18/h3-10,15H,1-2H3,(H,21,23)(H,19,20,24)/t15-/m0/s1. The molecule has 0 bridgehead atoms. The van der Waals surface area contributed by atoms with E-state index >= 15 is 0 Å². The minimum absolute atomic E-state index is 0.0552. The number of hydrogen-bond donors (Lipinski definition) is 2. The highest BCUT2D eigenvalue weighted by molar-refractivity contribution is 6.34. The van der Waals surface area contributed by atoms with Crippen molar-refractivity contribution in [3.63, 3.8) is 0 Å². The van der Waals surface area contributed by atoms with Crippen LogP contribution < -0.4 is 10.6 Å². The lowest BCUT2D eigenvalue weighted by atomic mass is 10.0. The smallest absolute Gasteiger partial charge is 0.270 e. The number of nitrogens with one attached hydrogen (secondary N) is 2. The van der Waals surface area contributed by atoms with Gasteiger partial charge in [-0.3, -0.25) is 24.7 Å². The zero-order chi connectivity index (χ0) is 19.3. The van der Waals surface area contributed by atoms with E-state index in [0.717, 1.165) is 6.07 Å². The summed E-state index contributed by atoms with van der Waals surface area (Å²) in [5.41, 5.74) is 0.389. The van der Waals surface area contributed by atoms with Crippen molar-refractivity contribution in [1.82, 2.24) is 10.3 Å². The lowest BCUT2D eigenvalue weighted by molar-refractivity contribution is -0.384. The number of nitrogens with zero attached hydrogens (tertiary/aromatic N) is 2. The molecular formula is C17H17ClN4O4. The molecule has 0 fully saturated rings. The summed E-state index contributed by atoms with van der Waals surface area (Å²) < 4.78 is 0. The molecule has 2 aromatic rings. The van der Waals surface area contributed by atoms with E-state index in [9.17, 15) is 19.7 Å². The molecule has 1 aromatic carbocycles. The lowest BCUT2D eigenvalue weighted by Gasteiger charge is -2.22. The van der Waals surface area contributed by atoms with Gasteiger partial charge in [-0.2, -0.15) is 0 Å². The van der Waals surface area contributed by atoms with Crippen LogP contribution in [0.1, 0.15) is 24.2 Å². The van der Waals surface area contributed by atoms with E-state index in [1.807, 2.05) is 0 Å². The van der Waals surface area contributed by atoms with E-state index in [4.69, 9.17) is 11.6 Å². The minimum atomic E-state index is -0.818. The van der Waals surface area contributed by atoms with Crippen LogP contribution in [0, 0.1) is 16.0 Å². The van der Waals surface area contributed by atoms with Crippen molar-refractivity contribution in [3.05, 3.63) is 63.4 Å². The Hall–Kier alpha value is -3.00. The average molecular weight is 377 g/mol. The van der Waals surface area contributed by atoms with E-state index in [2.05, 4.69) is 15.6 Å². The summed E-state index contributed by atoms with van der Waals surface area (Å²) in [6.07, 6.45) is 3.07. The number of benzene rings is 1. The molecule has 0 aliphatic heterocycles. The first-order valence-corrected chi connectivity index (χ1v) is 8.13. The van der Waals surface area contributed by atoms with Gasteiger partial charge in [-0.05, 0) is 24.1 Å². The normalized spacial score (nSPS) is 11.7. The minimum Gasteiger partial charge on any atom is -0.340 e. The van der Waals surface area contributed by atoms with E-state index < -0.39 is 22.8 Å². The molecule has 2 N–H and O–H groups in total. The Balaban J connectivity index is 2.15. The van der Waals surface area contributed by atoms with Gasteiger partial charge in [0.15, 0.2) is 0 Å². The molecule has 2 rings (SSSR count). The second-order valence-electron chi connectivity index (χ2n) is 5.84. The fraction of sp³-hybridized carbons (Fsp3) is 0.235. The number of halogens is 1. The lowest BCUT2D eigenvalue weighted by Crippen LogP contribution is -2.47. The van der Waals surface area contributed by atoms with Gasteiger partial charge in [-0.1, -0.05) is 25.4 Å². The predicted molar refractivity (Wildman–Crippen MR) is 97.1 cm³/mol. The van der Waals surface area contributed by atoms with E-state index in [-0.39, 0.29) is 22.2 Å². The van der Waals surface area contributed by atoms with Crippen molar-refractivity contribution < 1.29 is 14.5 Å². The number of anilines is 1. The van der Waals surface area contributed by atoms with Crippen LogP contribution in [-0.4, -0.2) is 27.8 Å². The molecule has 9 heteroatoms. The number of non-ortho nitro benzene ring substituents is 1. The highest BCUT2D eigenvalue weighted by Crippen LogP contribution is 2.22. The molecule has 1 heterocycles. The van der Waals surface area contributed by atoms with Gasteiger partial charge in [0.1, 0.15) is 6.04 Å². The summed E-state index contributed by atoms with van der Waals surface area (Å²) in [6, 6.07) is 5.98. The summed E-state index contributed by atoms with van der Waals surface area (Å²) in [4.78, 5) is 39.0. The van der Waals surface area contributed by atoms with Crippen LogP contribution in [-0.2, 0) is 4.79 Å². The number of nitro groups is 1. The number of carbonyl (C=O) groups is 2. The number of rotatable bonds is 6. The van der Waals surface area contributed by atoms with Crippen LogP contribution in [0.4, 0.5) is 11.4 Å². The molecule has 0 saturated carbocycles. The molecule has 136 valence electrons. The molecule has 1 atom stereocenters. The van der Waals surface area contributed by atoms with E-state index in [1.54, 1.807) is 26.0 Å². The Kier molecular flexibility index (Phi) is 6.24. The Morgan fingerprint density at radius 1 is 1.19 bits per heavy atom. The third-order valence-electron chi connectivity index (χ3n) is 3.59. The molecule has 8 nitrogen and oxygen atoms in total. The quantitative estimate of drug-likeness (QED) is 0.594. The molecule has 0 saturated heterocycles. The number of amides is 2. The third-order valence-corrected chi connectivity index (χ3v) is 3.90. The second-order valence-corrected chi connectivity index (χ2v) is 6.25. The summed E-state index contributed by atoms with van der Waals surface area (Å²) >= 11 is 5.97. The SMILES string of the molecule is CC(C)[C@H](NC(=O)c1ccc([N+](=O)[O-])cc1Cl)C(=O)Nc1ccncc1. The Labute approximate surface area is 154 Å². The highest BCUT2D eigenvalue weighted by Gasteiger charge is 2.26. The number of nitro benzene ring substituents is 1. The summed E-state index contributed by atoms with van der Waals surface area (Å²) in [5, 5.41) is 16.0. The molecule has 2 amide bonds. The molecule has 1 aromatic heterocycles. The van der Waals surface area contributed by atoms with Crippen LogP contribution in [0.5, 0.6) is 0 Å². The van der Waals surface area contributed by atoms with Crippen LogP contribution in [0.2, 0.25) is 5.02 Å². The molecule has 0 radical (unpaired) electrons. The van der Waals surface area contributed by atoms with E-state index in [0.29, 0.717) is 5.69 Å². The van der Waals surface area contributed by atoms with Crippen LogP contribution in [0.15, 0.2) is 42.7 Å². The maximum absolute atomic E-state index is 12.5. The van der Waals surface area contributed by atoms with Crippen molar-refractivity contribution in [2.75, 3.05) is 5.32 Å². The molecule has 0 spiro atoms. The molecule has 0 unspecified atom stereocenters. The monoisotopic (exact) mass is 376 g/mol. The Morgan fingerprint density at radius 3 is 2.38 bits per heavy atom. The highest BCUT2D eigenvalue weighted by atomic mass is 35.5. The Bertz CT molecular complexity index is 827. The fourth-order valence-electron chi connectivity index (χ4n) is 2.21. The number of pyridine rings is 1. The van der Waals surface area contributed by atoms with Crippen LogP contribution in [0.25, 0.3) is 0 Å². The topological polar surface area (TPSA) is 114 Å². The first kappa shape index (κ1) is 19.3. The van der Waals surface area contributed by atoms with Crippen molar-refractivity contribution in [2.45, 2.75) is 19.9 Å². The van der Waals surface area contributed by atoms with Gasteiger partial charge in [0.05, 0.1) is 15.5 Å². The van der Waals surface area contributed by atoms with Crippen LogP contribution in [0.3, 0.4) is 0 Å². The molecular weight excluding hydrogens is 360 g/mol. The van der Waals surface area contributed by atoms with Gasteiger partial charge < -0.3 is 10.6 Å². The summed E-state index contributed by atoms with van der Waals surface area (Å²) in [7, 11) is 0. The maximum Gasteiger partial charge on any atom is 0.270 e. The van der Waals surface area contributed by atoms with Gasteiger partial charge in [0.25, 0.3) is 11.6 Å². The zero-order valence-corrected chi connectivity index (χ0v) is 14.9. The van der Waals surface area contributed by atoms with Gasteiger partial charge in [-0.25, -0.2) is 0 Å². The first-order valence-electron chi connectivity index (χ1n) is 7.75. The maximum atomic E-state index is 12.5. The summed E-state index contributed by atoms with van der Waals surface area (Å²) in [6.45, 7) is 3.57. The molecule has 0 aliphatic rings. The first-order chi connectivity index (χ1) is 12.3. The fourth-order valence-corrected chi connectivity index (χ4v) is 2.47. The third kappa shape index (κ3) is 4.76. The van der Waals surface area contributed by atoms with Crippen molar-refractivity contribution in [3.8, 4) is 0 Å². The van der Waals surface area contributed by atoms with Crippen molar-refractivity contribution in [1.29, 1.82) is 0 Å². The number of hydrogen-bond acceptors (Lipinski definition) is 5.